The van der Waals surface area contributed by atoms with Gasteiger partial charge in [-0.15, -0.1) is 22.6 Å². The Morgan fingerprint density at radius 1 is 1.43 bits per heavy atom. The quantitative estimate of drug-likeness (QED) is 0.799. The van der Waals surface area contributed by atoms with E-state index in [0.29, 0.717) is 11.2 Å². The smallest absolute Gasteiger partial charge is 0.229 e. The van der Waals surface area contributed by atoms with E-state index in [-0.39, 0.29) is 24.2 Å². The fourth-order valence-electron chi connectivity index (χ4n) is 2.59. The van der Waals surface area contributed by atoms with Crippen LogP contribution in [0.15, 0.2) is 28.7 Å². The SMILES string of the molecule is C[C@H]1C[C@@H](C(=O)Nc2nnc(-c3cccc(Br)c3)s2)CCN1.Cl. The summed E-state index contributed by atoms with van der Waals surface area (Å²) in [5, 5.41) is 15.9. The first kappa shape index (κ1) is 18.3. The number of nitrogens with zero attached hydrogens (tertiary/aromatic N) is 2. The highest BCUT2D eigenvalue weighted by molar-refractivity contribution is 9.10. The van der Waals surface area contributed by atoms with Crippen molar-refractivity contribution in [1.82, 2.24) is 15.5 Å². The molecule has 2 atom stereocenters. The number of piperidine rings is 1. The predicted octanol–water partition coefficient (Wildman–Crippen LogP) is 3.72. The Hall–Kier alpha value is -1.02. The third-order valence-electron chi connectivity index (χ3n) is 3.72. The van der Waals surface area contributed by atoms with Crippen molar-refractivity contribution in [1.29, 1.82) is 0 Å². The monoisotopic (exact) mass is 416 g/mol. The Kier molecular flexibility index (Phi) is 6.52. The molecule has 0 aliphatic carbocycles. The van der Waals surface area contributed by atoms with E-state index < -0.39 is 0 Å². The number of halogens is 2. The van der Waals surface area contributed by atoms with Gasteiger partial charge in [-0.2, -0.15) is 0 Å². The van der Waals surface area contributed by atoms with Gasteiger partial charge in [0.15, 0.2) is 0 Å². The van der Waals surface area contributed by atoms with Crippen molar-refractivity contribution < 1.29 is 4.79 Å². The molecular formula is C15H18BrClN4OS. The number of carbonyl (C=O) groups excluding carboxylic acids is 1. The lowest BCUT2D eigenvalue weighted by Gasteiger charge is -2.26. The van der Waals surface area contributed by atoms with Crippen LogP contribution in [0.3, 0.4) is 0 Å². The van der Waals surface area contributed by atoms with Gasteiger partial charge in [0, 0.05) is 22.0 Å². The molecule has 0 bridgehead atoms. The summed E-state index contributed by atoms with van der Waals surface area (Å²) in [6, 6.07) is 8.27. The minimum Gasteiger partial charge on any atom is -0.314 e. The van der Waals surface area contributed by atoms with Crippen LogP contribution in [-0.2, 0) is 4.79 Å². The largest absolute Gasteiger partial charge is 0.314 e. The number of hydrogen-bond donors (Lipinski definition) is 2. The van der Waals surface area contributed by atoms with Crippen molar-refractivity contribution in [2.75, 3.05) is 11.9 Å². The summed E-state index contributed by atoms with van der Waals surface area (Å²) in [4.78, 5) is 12.3. The van der Waals surface area contributed by atoms with Gasteiger partial charge in [0.05, 0.1) is 0 Å². The minimum absolute atomic E-state index is 0. The third kappa shape index (κ3) is 4.73. The Labute approximate surface area is 153 Å². The van der Waals surface area contributed by atoms with Gasteiger partial charge >= 0.3 is 0 Å². The molecule has 1 aromatic heterocycles. The molecule has 124 valence electrons. The third-order valence-corrected chi connectivity index (χ3v) is 5.10. The number of benzene rings is 1. The lowest BCUT2D eigenvalue weighted by atomic mass is 9.93. The lowest BCUT2D eigenvalue weighted by Crippen LogP contribution is -2.40. The molecule has 1 aliphatic rings. The van der Waals surface area contributed by atoms with E-state index in [0.717, 1.165) is 34.4 Å². The number of aromatic nitrogens is 2. The highest BCUT2D eigenvalue weighted by Crippen LogP contribution is 2.29. The molecule has 0 radical (unpaired) electrons. The molecule has 1 fully saturated rings. The van der Waals surface area contributed by atoms with Crippen LogP contribution in [0, 0.1) is 5.92 Å². The maximum absolute atomic E-state index is 12.3. The lowest BCUT2D eigenvalue weighted by molar-refractivity contribution is -0.120. The summed E-state index contributed by atoms with van der Waals surface area (Å²) in [5.74, 6) is 0.0970. The number of nitrogens with one attached hydrogen (secondary N) is 2. The first-order valence-corrected chi connectivity index (χ1v) is 8.86. The zero-order valence-corrected chi connectivity index (χ0v) is 15.8. The van der Waals surface area contributed by atoms with Gasteiger partial charge in [-0.05, 0) is 38.4 Å². The molecule has 0 saturated carbocycles. The van der Waals surface area contributed by atoms with Gasteiger partial charge in [0.25, 0.3) is 0 Å². The average molecular weight is 418 g/mol. The second kappa shape index (κ2) is 8.19. The predicted molar refractivity (Wildman–Crippen MR) is 99.1 cm³/mol. The van der Waals surface area contributed by atoms with Gasteiger partial charge in [-0.1, -0.05) is 39.4 Å². The van der Waals surface area contributed by atoms with E-state index in [9.17, 15) is 4.79 Å². The van der Waals surface area contributed by atoms with Gasteiger partial charge in [-0.3, -0.25) is 4.79 Å². The number of rotatable bonds is 3. The molecule has 8 heteroatoms. The van der Waals surface area contributed by atoms with Gasteiger partial charge < -0.3 is 10.6 Å². The Morgan fingerprint density at radius 2 is 2.26 bits per heavy atom. The Balaban J connectivity index is 0.00000192. The maximum Gasteiger partial charge on any atom is 0.229 e. The van der Waals surface area contributed by atoms with Crippen molar-refractivity contribution >= 4 is 50.7 Å². The normalized spacial score (nSPS) is 20.6. The van der Waals surface area contributed by atoms with E-state index in [2.05, 4.69) is 43.7 Å². The van der Waals surface area contributed by atoms with Crippen LogP contribution in [0.25, 0.3) is 10.6 Å². The molecule has 1 amide bonds. The van der Waals surface area contributed by atoms with E-state index in [1.54, 1.807) is 0 Å². The summed E-state index contributed by atoms with van der Waals surface area (Å²) >= 11 is 4.84. The summed E-state index contributed by atoms with van der Waals surface area (Å²) < 4.78 is 0.995. The minimum atomic E-state index is 0. The molecule has 2 N–H and O–H groups in total. The van der Waals surface area contributed by atoms with Crippen molar-refractivity contribution in [2.45, 2.75) is 25.8 Å². The molecule has 0 spiro atoms. The van der Waals surface area contributed by atoms with Crippen LogP contribution in [-0.4, -0.2) is 28.7 Å². The Bertz CT molecular complexity index is 681. The zero-order valence-electron chi connectivity index (χ0n) is 12.6. The highest BCUT2D eigenvalue weighted by Gasteiger charge is 2.25. The molecule has 3 rings (SSSR count). The summed E-state index contributed by atoms with van der Waals surface area (Å²) in [6.07, 6.45) is 1.73. The first-order valence-electron chi connectivity index (χ1n) is 7.25. The summed E-state index contributed by atoms with van der Waals surface area (Å²) in [7, 11) is 0. The maximum atomic E-state index is 12.3. The van der Waals surface area contributed by atoms with Gasteiger partial charge in [-0.25, -0.2) is 0 Å². The van der Waals surface area contributed by atoms with Crippen LogP contribution < -0.4 is 10.6 Å². The molecule has 23 heavy (non-hydrogen) atoms. The molecular weight excluding hydrogens is 400 g/mol. The van der Waals surface area contributed by atoms with Crippen LogP contribution in [0.2, 0.25) is 0 Å². The van der Waals surface area contributed by atoms with Crippen LogP contribution in [0.4, 0.5) is 5.13 Å². The van der Waals surface area contributed by atoms with Crippen molar-refractivity contribution in [2.24, 2.45) is 5.92 Å². The second-order valence-corrected chi connectivity index (χ2v) is 7.38. The topological polar surface area (TPSA) is 66.9 Å². The molecule has 2 heterocycles. The van der Waals surface area contributed by atoms with Crippen molar-refractivity contribution in [3.63, 3.8) is 0 Å². The molecule has 0 unspecified atom stereocenters. The molecule has 1 aliphatic heterocycles. The number of hydrogen-bond acceptors (Lipinski definition) is 5. The molecule has 1 aromatic carbocycles. The van der Waals surface area contributed by atoms with Gasteiger partial charge in [0.1, 0.15) is 5.01 Å². The van der Waals surface area contributed by atoms with E-state index in [1.807, 2.05) is 24.3 Å². The number of carbonyl (C=O) groups is 1. The van der Waals surface area contributed by atoms with Crippen molar-refractivity contribution in [3.05, 3.63) is 28.7 Å². The fraction of sp³-hybridized carbons (Fsp3) is 0.400. The van der Waals surface area contributed by atoms with Crippen molar-refractivity contribution in [3.8, 4) is 10.6 Å². The van der Waals surface area contributed by atoms with E-state index in [4.69, 9.17) is 0 Å². The second-order valence-electron chi connectivity index (χ2n) is 5.49. The summed E-state index contributed by atoms with van der Waals surface area (Å²) in [5.41, 5.74) is 0.989. The average Bonchev–Trinajstić information content (AvgIpc) is 2.96. The highest BCUT2D eigenvalue weighted by atomic mass is 79.9. The Morgan fingerprint density at radius 3 is 3.00 bits per heavy atom. The van der Waals surface area contributed by atoms with Crippen LogP contribution in [0.1, 0.15) is 19.8 Å². The van der Waals surface area contributed by atoms with Crippen LogP contribution >= 0.6 is 39.7 Å². The molecule has 5 nitrogen and oxygen atoms in total. The van der Waals surface area contributed by atoms with E-state index >= 15 is 0 Å². The zero-order chi connectivity index (χ0) is 15.5. The van der Waals surface area contributed by atoms with E-state index in [1.165, 1.54) is 11.3 Å². The van der Waals surface area contributed by atoms with Crippen LogP contribution in [0.5, 0.6) is 0 Å². The fourth-order valence-corrected chi connectivity index (χ4v) is 3.73. The number of amides is 1. The first-order chi connectivity index (χ1) is 10.6. The number of anilines is 1. The molecule has 1 saturated heterocycles. The van der Waals surface area contributed by atoms with Gasteiger partial charge in [0.2, 0.25) is 11.0 Å². The molecule has 2 aromatic rings. The standard InChI is InChI=1S/C15H17BrN4OS.ClH/c1-9-7-10(5-6-17-9)13(21)18-15-20-19-14(22-15)11-3-2-4-12(16)8-11;/h2-4,8-10,17H,5-7H2,1H3,(H,18,20,21);1H/t9-,10-;/m0./s1. The summed E-state index contributed by atoms with van der Waals surface area (Å²) in [6.45, 7) is 2.99.